The lowest BCUT2D eigenvalue weighted by Gasteiger charge is -2.71. The minimum Gasteiger partial charge on any atom is -0.462 e. The van der Waals surface area contributed by atoms with Gasteiger partial charge in [0.2, 0.25) is 0 Å². The minimum absolute atomic E-state index is 0.0920. The molecule has 3 nitrogen and oxygen atoms in total. The van der Waals surface area contributed by atoms with E-state index in [1.807, 2.05) is 13.0 Å². The van der Waals surface area contributed by atoms with Crippen LogP contribution in [0.2, 0.25) is 0 Å². The van der Waals surface area contributed by atoms with Gasteiger partial charge in [-0.1, -0.05) is 72.2 Å². The molecule has 44 heavy (non-hydrogen) atoms. The van der Waals surface area contributed by atoms with Crippen LogP contribution in [0.25, 0.3) is 0 Å². The Morgan fingerprint density at radius 2 is 1.68 bits per heavy atom. The normalized spacial score (nSPS) is 44.2. The predicted molar refractivity (Wildman–Crippen MR) is 174 cm³/mol. The maximum atomic E-state index is 13.6. The molecule has 4 saturated carbocycles. The molecule has 4 heteroatoms. The van der Waals surface area contributed by atoms with Crippen LogP contribution in [0.15, 0.2) is 35.9 Å². The fourth-order valence-electron chi connectivity index (χ4n) is 12.4. The van der Waals surface area contributed by atoms with Crippen molar-refractivity contribution in [2.24, 2.45) is 56.7 Å². The lowest BCUT2D eigenvalue weighted by molar-refractivity contribution is -0.213. The van der Waals surface area contributed by atoms with Crippen molar-refractivity contribution in [3.05, 3.63) is 47.3 Å². The number of hydrogen-bond donors (Lipinski definition) is 0. The van der Waals surface area contributed by atoms with Gasteiger partial charge in [0.05, 0.1) is 0 Å². The number of halogens is 1. The molecule has 5 aliphatic carbocycles. The molecule has 10 atom stereocenters. The first kappa shape index (κ1) is 32.0. The van der Waals surface area contributed by atoms with Crippen molar-refractivity contribution in [3.8, 4) is 0 Å². The van der Waals surface area contributed by atoms with Gasteiger partial charge in [-0.25, -0.2) is 4.39 Å². The van der Waals surface area contributed by atoms with Crippen molar-refractivity contribution in [2.75, 3.05) is 0 Å². The fourth-order valence-corrected chi connectivity index (χ4v) is 12.4. The van der Waals surface area contributed by atoms with Crippen molar-refractivity contribution in [1.29, 1.82) is 0 Å². The van der Waals surface area contributed by atoms with E-state index in [9.17, 15) is 14.0 Å². The third-order valence-electron chi connectivity index (χ3n) is 15.4. The van der Waals surface area contributed by atoms with Crippen molar-refractivity contribution in [2.45, 2.75) is 132 Å². The summed E-state index contributed by atoms with van der Waals surface area (Å²) in [5, 5.41) is 0. The Bertz CT molecular complexity index is 1350. The van der Waals surface area contributed by atoms with Crippen LogP contribution >= 0.6 is 0 Å². The van der Waals surface area contributed by atoms with Crippen molar-refractivity contribution in [3.63, 3.8) is 0 Å². The minimum atomic E-state index is -0.263. The monoisotopic (exact) mass is 604 g/mol. The Morgan fingerprint density at radius 1 is 0.932 bits per heavy atom. The molecule has 1 aromatic carbocycles. The third-order valence-corrected chi connectivity index (χ3v) is 15.4. The van der Waals surface area contributed by atoms with E-state index < -0.39 is 0 Å². The molecule has 0 bridgehead atoms. The number of hydrogen-bond acceptors (Lipinski definition) is 3. The van der Waals surface area contributed by atoms with Crippen LogP contribution < -0.4 is 0 Å². The molecule has 1 aromatic rings. The van der Waals surface area contributed by atoms with E-state index >= 15 is 0 Å². The molecule has 242 valence electrons. The number of carbonyl (C=O) groups excluding carboxylic acids is 2. The van der Waals surface area contributed by atoms with Crippen LogP contribution in [-0.2, 0) is 20.7 Å². The number of allylic oxidation sites excluding steroid dienone is 2. The van der Waals surface area contributed by atoms with E-state index in [2.05, 4.69) is 54.5 Å². The van der Waals surface area contributed by atoms with Crippen LogP contribution in [0.1, 0.15) is 125 Å². The summed E-state index contributed by atoms with van der Waals surface area (Å²) < 4.78 is 19.9. The highest BCUT2D eigenvalue weighted by Crippen LogP contribution is 2.76. The lowest BCUT2D eigenvalue weighted by atomic mass is 9.33. The predicted octanol–water partition coefficient (Wildman–Crippen LogP) is 9.92. The third kappa shape index (κ3) is 4.53. The average molecular weight is 605 g/mol. The molecule has 0 heterocycles. The molecular formula is C40H57FO3. The average Bonchev–Trinajstić information content (AvgIpc) is 2.95. The zero-order valence-electron chi connectivity index (χ0n) is 28.7. The van der Waals surface area contributed by atoms with Gasteiger partial charge in [-0.15, -0.1) is 0 Å². The zero-order chi connectivity index (χ0) is 31.9. The molecule has 0 N–H and O–H groups in total. The lowest BCUT2D eigenvalue weighted by Crippen LogP contribution is -2.65. The maximum Gasteiger partial charge on any atom is 0.306 e. The topological polar surface area (TPSA) is 43.4 Å². The molecule has 6 rings (SSSR count). The summed E-state index contributed by atoms with van der Waals surface area (Å²) in [7, 11) is 0. The number of Topliss-reactive ketones (excluding diaryl/α,β-unsaturated/α-hetero) is 1. The quantitative estimate of drug-likeness (QED) is 0.248. The number of fused-ring (bicyclic) bond motifs is 7. The summed E-state index contributed by atoms with van der Waals surface area (Å²) in [5.41, 5.74) is 2.67. The van der Waals surface area contributed by atoms with E-state index in [0.717, 1.165) is 50.5 Å². The van der Waals surface area contributed by atoms with Gasteiger partial charge < -0.3 is 4.74 Å². The van der Waals surface area contributed by atoms with Gasteiger partial charge in [-0.05, 0) is 135 Å². The van der Waals surface area contributed by atoms with E-state index in [-0.39, 0.29) is 51.4 Å². The molecule has 1 unspecified atom stereocenters. The fraction of sp³-hybridized carbons (Fsp3) is 0.750. The van der Waals surface area contributed by atoms with Gasteiger partial charge >= 0.3 is 5.97 Å². The standard InChI is InChI=1S/C40H57FO3/c1-25-16-21-40(27(3)42)23-22-38(7)30(35(40)26(25)2)13-14-32-37(6)19-18-33(36(4,5)31(37)17-20-39(32,38)8)44-34(43)15-12-28-10-9-11-29(41)24-28/h9-11,13,24-26,31-33,35H,12,14-23H2,1-8H3/t25-,26+,31?,32-,33+,35+,37+,38-,39-,40-/m1/s1. The first-order valence-corrected chi connectivity index (χ1v) is 17.8. The summed E-state index contributed by atoms with van der Waals surface area (Å²) in [6.07, 6.45) is 13.2. The Hall–Kier alpha value is -1.97. The number of ketones is 1. The first-order chi connectivity index (χ1) is 20.6. The summed E-state index contributed by atoms with van der Waals surface area (Å²) in [6.45, 7) is 19.2. The molecule has 5 aliphatic rings. The highest BCUT2D eigenvalue weighted by molar-refractivity contribution is 5.84. The van der Waals surface area contributed by atoms with E-state index in [1.54, 1.807) is 11.6 Å². The second kappa shape index (κ2) is 10.8. The molecule has 0 amide bonds. The molecule has 0 aliphatic heterocycles. The second-order valence-corrected chi connectivity index (χ2v) is 17.3. The Balaban J connectivity index is 1.25. The van der Waals surface area contributed by atoms with E-state index in [1.165, 1.54) is 25.0 Å². The van der Waals surface area contributed by atoms with Gasteiger partial charge in [0.1, 0.15) is 17.7 Å². The number of esters is 1. The SMILES string of the molecule is CC(=O)[C@]12CC[C@@H](C)[C@H](C)[C@H]1C1=CC[C@@H]3[C@@]4(C)CC[C@H](OC(=O)CCc5cccc(F)c5)C(C)(C)C4CC[C@@]3(C)[C@]1(C)CC2. The van der Waals surface area contributed by atoms with Gasteiger partial charge in [0.15, 0.2) is 0 Å². The Morgan fingerprint density at radius 3 is 2.39 bits per heavy atom. The van der Waals surface area contributed by atoms with E-state index in [0.29, 0.717) is 41.8 Å². The van der Waals surface area contributed by atoms with Gasteiger partial charge in [-0.3, -0.25) is 9.59 Å². The molecule has 0 aromatic heterocycles. The Labute approximate surface area is 266 Å². The molecule has 0 saturated heterocycles. The van der Waals surface area contributed by atoms with Crippen molar-refractivity contribution in [1.82, 2.24) is 0 Å². The van der Waals surface area contributed by atoms with E-state index in [4.69, 9.17) is 4.74 Å². The van der Waals surface area contributed by atoms with Crippen LogP contribution in [0.5, 0.6) is 0 Å². The number of carbonyl (C=O) groups is 2. The first-order valence-electron chi connectivity index (χ1n) is 17.8. The van der Waals surface area contributed by atoms with Gasteiger partial charge in [0, 0.05) is 17.3 Å². The van der Waals surface area contributed by atoms with Gasteiger partial charge in [0.25, 0.3) is 0 Å². The molecule has 0 spiro atoms. The van der Waals surface area contributed by atoms with Gasteiger partial charge in [-0.2, -0.15) is 0 Å². The number of ether oxygens (including phenoxy) is 1. The molecule has 4 fully saturated rings. The summed E-state index contributed by atoms with van der Waals surface area (Å²) in [6, 6.07) is 6.52. The molecular weight excluding hydrogens is 547 g/mol. The summed E-state index contributed by atoms with van der Waals surface area (Å²) in [4.78, 5) is 26.5. The van der Waals surface area contributed by atoms with Crippen LogP contribution in [-0.4, -0.2) is 17.9 Å². The zero-order valence-corrected chi connectivity index (χ0v) is 28.7. The smallest absolute Gasteiger partial charge is 0.306 e. The largest absolute Gasteiger partial charge is 0.462 e. The van der Waals surface area contributed by atoms with Crippen LogP contribution in [0.4, 0.5) is 4.39 Å². The van der Waals surface area contributed by atoms with Crippen LogP contribution in [0.3, 0.4) is 0 Å². The maximum absolute atomic E-state index is 13.6. The molecule has 0 radical (unpaired) electrons. The number of rotatable bonds is 5. The number of aryl methyl sites for hydroxylation is 1. The summed E-state index contributed by atoms with van der Waals surface area (Å²) >= 11 is 0. The summed E-state index contributed by atoms with van der Waals surface area (Å²) in [5.74, 6) is 2.63. The second-order valence-electron chi connectivity index (χ2n) is 17.3. The number of benzene rings is 1. The highest BCUT2D eigenvalue weighted by atomic mass is 19.1. The Kier molecular flexibility index (Phi) is 7.85. The highest BCUT2D eigenvalue weighted by Gasteiger charge is 2.69. The van der Waals surface area contributed by atoms with Crippen molar-refractivity contribution < 1.29 is 18.7 Å². The van der Waals surface area contributed by atoms with Crippen LogP contribution in [0, 0.1) is 62.5 Å². The van der Waals surface area contributed by atoms with Crippen molar-refractivity contribution >= 4 is 11.8 Å².